The third kappa shape index (κ3) is 7.46. The minimum Gasteiger partial charge on any atom is -0.322 e. The van der Waals surface area contributed by atoms with Gasteiger partial charge in [0.2, 0.25) is 0 Å². The van der Waals surface area contributed by atoms with Gasteiger partial charge in [0.05, 0.1) is 5.56 Å². The van der Waals surface area contributed by atoms with Gasteiger partial charge in [0.25, 0.3) is 11.8 Å². The monoisotopic (exact) mass is 587 g/mol. The molecule has 0 bridgehead atoms. The first kappa shape index (κ1) is 29.9. The molecule has 0 unspecified atom stereocenters. The predicted molar refractivity (Wildman–Crippen MR) is 161 cm³/mol. The van der Waals surface area contributed by atoms with Crippen molar-refractivity contribution in [3.05, 3.63) is 113 Å². The van der Waals surface area contributed by atoms with E-state index in [2.05, 4.69) is 20.5 Å². The Balaban J connectivity index is 1.30. The molecule has 5 rings (SSSR count). The first-order valence-corrected chi connectivity index (χ1v) is 13.9. The van der Waals surface area contributed by atoms with Crippen molar-refractivity contribution in [2.24, 2.45) is 0 Å². The normalized spacial score (nSPS) is 14.3. The summed E-state index contributed by atoms with van der Waals surface area (Å²) in [6.07, 6.45) is -1.25. The largest absolute Gasteiger partial charge is 0.416 e. The van der Waals surface area contributed by atoms with Crippen molar-refractivity contribution in [1.29, 1.82) is 0 Å². The summed E-state index contributed by atoms with van der Waals surface area (Å²) >= 11 is 0. The third-order valence-corrected chi connectivity index (χ3v) is 7.55. The molecular formula is C33H32F3N5O2. The van der Waals surface area contributed by atoms with Gasteiger partial charge >= 0.3 is 6.18 Å². The number of anilines is 2. The van der Waals surface area contributed by atoms with Crippen LogP contribution in [0.15, 0.2) is 85.2 Å². The molecule has 1 fully saturated rings. The van der Waals surface area contributed by atoms with Crippen molar-refractivity contribution in [2.75, 3.05) is 43.9 Å². The maximum absolute atomic E-state index is 14.0. The fourth-order valence-electron chi connectivity index (χ4n) is 4.98. The minimum atomic E-state index is -4.60. The minimum absolute atomic E-state index is 0.103. The summed E-state index contributed by atoms with van der Waals surface area (Å²) in [4.78, 5) is 34.3. The van der Waals surface area contributed by atoms with E-state index in [0.717, 1.165) is 35.8 Å². The molecular weight excluding hydrogens is 555 g/mol. The van der Waals surface area contributed by atoms with Crippen molar-refractivity contribution in [2.45, 2.75) is 19.6 Å². The first-order chi connectivity index (χ1) is 20.6. The number of pyridine rings is 1. The van der Waals surface area contributed by atoms with Crippen molar-refractivity contribution < 1.29 is 22.8 Å². The second-order valence-corrected chi connectivity index (χ2v) is 10.7. The standard InChI is InChI=1S/C33H32F3N5O2/c1-22-6-9-28(20-30(22)39-32(43)25-5-3-4-24(18-25)23-10-12-37-13-11-23)38-31(42)26-7-8-27(29(19-26)33(34,35)36)21-41-16-14-40(2)15-17-41/h3-13,18-20H,14-17,21H2,1-2H3,(H,38,42)(H,39,43). The van der Waals surface area contributed by atoms with Gasteiger partial charge in [-0.2, -0.15) is 13.2 Å². The quantitative estimate of drug-likeness (QED) is 0.264. The van der Waals surface area contributed by atoms with Gasteiger partial charge < -0.3 is 15.5 Å². The van der Waals surface area contributed by atoms with E-state index in [1.165, 1.54) is 12.1 Å². The lowest BCUT2D eigenvalue weighted by molar-refractivity contribution is -0.138. The van der Waals surface area contributed by atoms with Crippen molar-refractivity contribution >= 4 is 23.2 Å². The fraction of sp³-hybridized carbons (Fsp3) is 0.242. The number of rotatable bonds is 7. The van der Waals surface area contributed by atoms with Crippen molar-refractivity contribution in [3.8, 4) is 11.1 Å². The van der Waals surface area contributed by atoms with Crippen LogP contribution in [0.3, 0.4) is 0 Å². The topological polar surface area (TPSA) is 77.6 Å². The van der Waals surface area contributed by atoms with Gasteiger partial charge in [0.1, 0.15) is 0 Å². The van der Waals surface area contributed by atoms with Crippen LogP contribution in [0.25, 0.3) is 11.1 Å². The maximum atomic E-state index is 14.0. The summed E-state index contributed by atoms with van der Waals surface area (Å²) in [7, 11) is 1.99. The summed E-state index contributed by atoms with van der Waals surface area (Å²) in [5, 5.41) is 5.55. The average molecular weight is 588 g/mol. The number of amides is 2. The summed E-state index contributed by atoms with van der Waals surface area (Å²) in [5.74, 6) is -1.02. The van der Waals surface area contributed by atoms with Gasteiger partial charge in [-0.3, -0.25) is 19.5 Å². The van der Waals surface area contributed by atoms with Gasteiger partial charge in [0, 0.05) is 67.6 Å². The number of nitrogens with one attached hydrogen (secondary N) is 2. The van der Waals surface area contributed by atoms with Gasteiger partial charge in [0.15, 0.2) is 0 Å². The molecule has 0 atom stereocenters. The fourth-order valence-corrected chi connectivity index (χ4v) is 4.98. The van der Waals surface area contributed by atoms with Crippen LogP contribution in [0.2, 0.25) is 0 Å². The van der Waals surface area contributed by atoms with Crippen LogP contribution in [-0.4, -0.2) is 59.8 Å². The Morgan fingerprint density at radius 1 is 0.814 bits per heavy atom. The number of alkyl halides is 3. The van der Waals surface area contributed by atoms with Gasteiger partial charge in [-0.15, -0.1) is 0 Å². The summed E-state index contributed by atoms with van der Waals surface area (Å²) < 4.78 is 42.0. The Morgan fingerprint density at radius 3 is 2.23 bits per heavy atom. The molecule has 10 heteroatoms. The Kier molecular flexibility index (Phi) is 8.89. The van der Waals surface area contributed by atoms with Crippen LogP contribution in [0.1, 0.15) is 37.4 Å². The zero-order chi connectivity index (χ0) is 30.6. The molecule has 2 N–H and O–H groups in total. The van der Waals surface area contributed by atoms with E-state index >= 15 is 0 Å². The van der Waals surface area contributed by atoms with Crippen LogP contribution >= 0.6 is 0 Å². The molecule has 1 aliphatic rings. The second kappa shape index (κ2) is 12.8. The molecule has 7 nitrogen and oxygen atoms in total. The Bertz CT molecular complexity index is 1620. The van der Waals surface area contributed by atoms with Crippen LogP contribution in [-0.2, 0) is 12.7 Å². The number of benzene rings is 3. The molecule has 1 aromatic heterocycles. The third-order valence-electron chi connectivity index (χ3n) is 7.55. The molecule has 0 aliphatic carbocycles. The summed E-state index contributed by atoms with van der Waals surface area (Å²) in [6, 6.07) is 19.5. The number of aryl methyl sites for hydroxylation is 1. The molecule has 1 saturated heterocycles. The van der Waals surface area contributed by atoms with Crippen molar-refractivity contribution in [1.82, 2.24) is 14.8 Å². The van der Waals surface area contributed by atoms with Gasteiger partial charge in [-0.25, -0.2) is 0 Å². The SMILES string of the molecule is Cc1ccc(NC(=O)c2ccc(CN3CCN(C)CC3)c(C(F)(F)F)c2)cc1NC(=O)c1cccc(-c2ccncc2)c1. The van der Waals surface area contributed by atoms with Crippen LogP contribution < -0.4 is 10.6 Å². The molecule has 2 heterocycles. The maximum Gasteiger partial charge on any atom is 0.416 e. The Hall–Kier alpha value is -4.54. The second-order valence-electron chi connectivity index (χ2n) is 10.7. The number of carbonyl (C=O) groups is 2. The van der Waals surface area contributed by atoms with Crippen LogP contribution in [0.5, 0.6) is 0 Å². The number of carbonyl (C=O) groups excluding carboxylic acids is 2. The number of halogens is 3. The van der Waals surface area contributed by atoms with Crippen LogP contribution in [0.4, 0.5) is 24.5 Å². The van der Waals surface area contributed by atoms with E-state index in [9.17, 15) is 22.8 Å². The molecule has 2 amide bonds. The summed E-state index contributed by atoms with van der Waals surface area (Å²) in [5.41, 5.74) is 3.01. The predicted octanol–water partition coefficient (Wildman–Crippen LogP) is 6.33. The highest BCUT2D eigenvalue weighted by molar-refractivity contribution is 6.07. The smallest absolute Gasteiger partial charge is 0.322 e. The average Bonchev–Trinajstić information content (AvgIpc) is 3.00. The zero-order valence-electron chi connectivity index (χ0n) is 23.9. The van der Waals surface area contributed by atoms with E-state index in [4.69, 9.17) is 0 Å². The van der Waals surface area contributed by atoms with E-state index in [-0.39, 0.29) is 23.6 Å². The molecule has 0 saturated carbocycles. The lowest BCUT2D eigenvalue weighted by atomic mass is 10.0. The van der Waals surface area contributed by atoms with Gasteiger partial charge in [-0.1, -0.05) is 24.3 Å². The van der Waals surface area contributed by atoms with E-state index in [0.29, 0.717) is 30.0 Å². The zero-order valence-corrected chi connectivity index (χ0v) is 23.9. The molecule has 222 valence electrons. The highest BCUT2D eigenvalue weighted by Gasteiger charge is 2.34. The molecule has 1 aliphatic heterocycles. The highest BCUT2D eigenvalue weighted by Crippen LogP contribution is 2.34. The number of hydrogen-bond donors (Lipinski definition) is 2. The van der Waals surface area contributed by atoms with E-state index in [1.807, 2.05) is 37.1 Å². The number of piperazine rings is 1. The Labute approximate surface area is 248 Å². The van der Waals surface area contributed by atoms with Gasteiger partial charge in [-0.05, 0) is 84.8 Å². The molecule has 43 heavy (non-hydrogen) atoms. The Morgan fingerprint density at radius 2 is 1.51 bits per heavy atom. The highest BCUT2D eigenvalue weighted by atomic mass is 19.4. The van der Waals surface area contributed by atoms with E-state index < -0.39 is 17.6 Å². The molecule has 0 spiro atoms. The lowest BCUT2D eigenvalue weighted by Crippen LogP contribution is -2.44. The summed E-state index contributed by atoms with van der Waals surface area (Å²) in [6.45, 7) is 4.91. The number of likely N-dealkylation sites (N-methyl/N-ethyl adjacent to an activating group) is 1. The first-order valence-electron chi connectivity index (χ1n) is 13.9. The molecule has 3 aromatic carbocycles. The van der Waals surface area contributed by atoms with Crippen molar-refractivity contribution in [3.63, 3.8) is 0 Å². The van der Waals surface area contributed by atoms with Crippen LogP contribution in [0, 0.1) is 6.92 Å². The number of nitrogens with zero attached hydrogens (tertiary/aromatic N) is 3. The number of hydrogen-bond acceptors (Lipinski definition) is 5. The molecule has 4 aromatic rings. The number of aromatic nitrogens is 1. The molecule has 0 radical (unpaired) electrons. The lowest BCUT2D eigenvalue weighted by Gasteiger charge is -2.33. The van der Waals surface area contributed by atoms with E-state index in [1.54, 1.807) is 48.8 Å².